The number of nitrogens with one attached hydrogen (secondary N) is 2. The molecule has 0 unspecified atom stereocenters. The molecule has 0 atom stereocenters. The Morgan fingerprint density at radius 3 is 2.69 bits per heavy atom. The van der Waals surface area contributed by atoms with E-state index in [0.717, 1.165) is 48.1 Å². The highest BCUT2D eigenvalue weighted by atomic mass is 35.5. The first-order valence-corrected chi connectivity index (χ1v) is 12.3. The van der Waals surface area contributed by atoms with E-state index in [-0.39, 0.29) is 11.3 Å². The fourth-order valence-corrected chi connectivity index (χ4v) is 4.71. The molecule has 1 fully saturated rings. The maximum absolute atomic E-state index is 13.0. The van der Waals surface area contributed by atoms with Gasteiger partial charge in [-0.3, -0.25) is 14.9 Å². The van der Waals surface area contributed by atoms with E-state index in [9.17, 15) is 14.9 Å². The van der Waals surface area contributed by atoms with Gasteiger partial charge in [0.2, 0.25) is 0 Å². The van der Waals surface area contributed by atoms with Gasteiger partial charge in [0.25, 0.3) is 11.6 Å². The van der Waals surface area contributed by atoms with Crippen LogP contribution in [0.5, 0.6) is 0 Å². The third-order valence-electron chi connectivity index (χ3n) is 6.71. The van der Waals surface area contributed by atoms with Crippen molar-refractivity contribution >= 4 is 45.6 Å². The number of halogens is 1. The van der Waals surface area contributed by atoms with E-state index in [1.54, 1.807) is 18.2 Å². The van der Waals surface area contributed by atoms with E-state index in [2.05, 4.69) is 22.2 Å². The van der Waals surface area contributed by atoms with Crippen LogP contribution in [0.2, 0.25) is 5.02 Å². The molecule has 4 aromatic rings. The number of fused-ring (bicyclic) bond motifs is 1. The molecule has 1 aliphatic rings. The molecule has 1 amide bonds. The summed E-state index contributed by atoms with van der Waals surface area (Å²) in [4.78, 5) is 34.3. The lowest BCUT2D eigenvalue weighted by molar-refractivity contribution is -0.384. The van der Waals surface area contributed by atoms with Crippen LogP contribution in [-0.2, 0) is 0 Å². The van der Waals surface area contributed by atoms with Gasteiger partial charge in [0.15, 0.2) is 0 Å². The van der Waals surface area contributed by atoms with Gasteiger partial charge >= 0.3 is 0 Å². The largest absolute Gasteiger partial charge is 0.366 e. The normalized spacial score (nSPS) is 14.2. The number of H-pyrrole nitrogens is 1. The Morgan fingerprint density at radius 1 is 1.17 bits per heavy atom. The van der Waals surface area contributed by atoms with Crippen LogP contribution in [0.4, 0.5) is 17.1 Å². The van der Waals surface area contributed by atoms with Crippen molar-refractivity contribution in [3.05, 3.63) is 80.9 Å². The topological polar surface area (TPSA) is 104 Å². The third kappa shape index (κ3) is 4.77. The molecule has 2 heterocycles. The van der Waals surface area contributed by atoms with Crippen molar-refractivity contribution in [2.75, 3.05) is 23.3 Å². The fourth-order valence-electron chi connectivity index (χ4n) is 4.55. The monoisotopic (exact) mass is 503 g/mol. The average molecular weight is 504 g/mol. The number of rotatable bonds is 5. The maximum atomic E-state index is 13.0. The minimum atomic E-state index is -0.416. The number of hydrogen-bond acceptors (Lipinski definition) is 5. The quantitative estimate of drug-likeness (QED) is 0.236. The highest BCUT2D eigenvalue weighted by Gasteiger charge is 2.25. The smallest absolute Gasteiger partial charge is 0.293 e. The van der Waals surface area contributed by atoms with Gasteiger partial charge in [0, 0.05) is 41.0 Å². The Morgan fingerprint density at radius 2 is 1.94 bits per heavy atom. The Hall–Kier alpha value is -3.91. The molecular weight excluding hydrogens is 478 g/mol. The van der Waals surface area contributed by atoms with Crippen LogP contribution >= 0.6 is 11.6 Å². The molecule has 0 bridgehead atoms. The molecule has 2 N–H and O–H groups in total. The number of nitro benzene ring substituents is 1. The van der Waals surface area contributed by atoms with Gasteiger partial charge in [-0.25, -0.2) is 4.98 Å². The second kappa shape index (κ2) is 9.62. The lowest BCUT2D eigenvalue weighted by Crippen LogP contribution is -2.33. The van der Waals surface area contributed by atoms with Crippen molar-refractivity contribution < 1.29 is 9.72 Å². The van der Waals surface area contributed by atoms with Crippen molar-refractivity contribution in [3.63, 3.8) is 0 Å². The number of anilines is 2. The Labute approximate surface area is 213 Å². The molecule has 1 aliphatic heterocycles. The summed E-state index contributed by atoms with van der Waals surface area (Å²) < 4.78 is 0. The van der Waals surface area contributed by atoms with E-state index in [4.69, 9.17) is 11.6 Å². The van der Waals surface area contributed by atoms with E-state index < -0.39 is 10.8 Å². The number of hydrogen-bond donors (Lipinski definition) is 2. The first-order valence-electron chi connectivity index (χ1n) is 11.9. The summed E-state index contributed by atoms with van der Waals surface area (Å²) in [6, 6.07) is 15.7. The highest BCUT2D eigenvalue weighted by molar-refractivity contribution is 6.32. The van der Waals surface area contributed by atoms with E-state index in [0.29, 0.717) is 28.1 Å². The molecule has 1 saturated heterocycles. The second-order valence-electron chi connectivity index (χ2n) is 9.37. The second-order valence-corrected chi connectivity index (χ2v) is 9.78. The molecule has 8 nitrogen and oxygen atoms in total. The molecule has 184 valence electrons. The van der Waals surface area contributed by atoms with Crippen LogP contribution in [-0.4, -0.2) is 33.9 Å². The summed E-state index contributed by atoms with van der Waals surface area (Å²) in [5, 5.41) is 15.3. The summed E-state index contributed by atoms with van der Waals surface area (Å²) in [7, 11) is 0. The Bertz CT molecular complexity index is 1430. The van der Waals surface area contributed by atoms with Gasteiger partial charge in [0.1, 0.15) is 11.5 Å². The van der Waals surface area contributed by atoms with E-state index in [1.807, 2.05) is 42.2 Å². The number of nitrogens with zero attached hydrogens (tertiary/aromatic N) is 3. The highest BCUT2D eigenvalue weighted by Crippen LogP contribution is 2.33. The summed E-state index contributed by atoms with van der Waals surface area (Å²) in [6.45, 7) is 5.67. The van der Waals surface area contributed by atoms with Gasteiger partial charge in [-0.1, -0.05) is 30.7 Å². The van der Waals surface area contributed by atoms with Crippen LogP contribution in [0, 0.1) is 23.0 Å². The fraction of sp³-hybridized carbons (Fsp3) is 0.259. The SMILES string of the molecule is Cc1cc2[nH]c(-c3cccc(NC(=O)c4ccc(N5CCC(C)CC5)c([N+](=O)[O-])c4)c3)nc2cc1Cl. The van der Waals surface area contributed by atoms with Gasteiger partial charge < -0.3 is 15.2 Å². The van der Waals surface area contributed by atoms with E-state index >= 15 is 0 Å². The number of aromatic nitrogens is 2. The number of nitro groups is 1. The van der Waals surface area contributed by atoms with E-state index in [1.165, 1.54) is 6.07 Å². The lowest BCUT2D eigenvalue weighted by Gasteiger charge is -2.31. The lowest BCUT2D eigenvalue weighted by atomic mass is 9.98. The summed E-state index contributed by atoms with van der Waals surface area (Å²) in [5.41, 5.74) is 4.67. The molecule has 36 heavy (non-hydrogen) atoms. The van der Waals surface area contributed by atoms with Gasteiger partial charge in [0.05, 0.1) is 16.0 Å². The number of carbonyl (C=O) groups excluding carboxylic acids is 1. The van der Waals surface area contributed by atoms with Gasteiger partial charge in [-0.05, 0) is 67.6 Å². The molecular formula is C27H26ClN5O3. The van der Waals surface area contributed by atoms with Crippen LogP contribution in [0.1, 0.15) is 35.7 Å². The average Bonchev–Trinajstić information content (AvgIpc) is 3.27. The number of amides is 1. The van der Waals surface area contributed by atoms with Gasteiger partial charge in [-0.15, -0.1) is 0 Å². The number of benzene rings is 3. The minimum Gasteiger partial charge on any atom is -0.366 e. The Kier molecular flexibility index (Phi) is 6.36. The molecule has 3 aromatic carbocycles. The maximum Gasteiger partial charge on any atom is 0.293 e. The molecule has 5 rings (SSSR count). The van der Waals surface area contributed by atoms with Crippen LogP contribution in [0.3, 0.4) is 0 Å². The molecule has 0 aliphatic carbocycles. The summed E-state index contributed by atoms with van der Waals surface area (Å²) >= 11 is 6.23. The molecule has 1 aromatic heterocycles. The molecule has 0 radical (unpaired) electrons. The number of piperidine rings is 1. The summed E-state index contributed by atoms with van der Waals surface area (Å²) in [5.74, 6) is 0.849. The summed E-state index contributed by atoms with van der Waals surface area (Å²) in [6.07, 6.45) is 1.99. The van der Waals surface area contributed by atoms with Crippen LogP contribution in [0.15, 0.2) is 54.6 Å². The van der Waals surface area contributed by atoms with Crippen molar-refractivity contribution in [2.24, 2.45) is 5.92 Å². The van der Waals surface area contributed by atoms with Crippen LogP contribution in [0.25, 0.3) is 22.4 Å². The van der Waals surface area contributed by atoms with Crippen molar-refractivity contribution in [3.8, 4) is 11.4 Å². The van der Waals surface area contributed by atoms with Gasteiger partial charge in [-0.2, -0.15) is 0 Å². The molecule has 9 heteroatoms. The Balaban J connectivity index is 1.38. The van der Waals surface area contributed by atoms with Crippen molar-refractivity contribution in [1.82, 2.24) is 9.97 Å². The number of carbonyl (C=O) groups is 1. The number of imidazole rings is 1. The minimum absolute atomic E-state index is 0.0535. The molecule has 0 saturated carbocycles. The van der Waals surface area contributed by atoms with Crippen molar-refractivity contribution in [1.29, 1.82) is 0 Å². The third-order valence-corrected chi connectivity index (χ3v) is 7.12. The van der Waals surface area contributed by atoms with Crippen LogP contribution < -0.4 is 10.2 Å². The zero-order valence-corrected chi connectivity index (χ0v) is 20.8. The first-order chi connectivity index (χ1) is 17.3. The predicted octanol–water partition coefficient (Wildman–Crippen LogP) is 6.59. The number of aryl methyl sites for hydroxylation is 1. The zero-order chi connectivity index (χ0) is 25.4. The standard InChI is InChI=1S/C27H26ClN5O3/c1-16-8-10-32(11-9-16)24-7-6-19(14-25(24)33(35)36)27(34)29-20-5-3-4-18(13-20)26-30-22-12-17(2)21(28)15-23(22)31-26/h3-7,12-16H,8-11H2,1-2H3,(H,29,34)(H,30,31). The number of aromatic amines is 1. The molecule has 0 spiro atoms. The first kappa shape index (κ1) is 23.8. The zero-order valence-electron chi connectivity index (χ0n) is 20.0. The van der Waals surface area contributed by atoms with Crippen molar-refractivity contribution in [2.45, 2.75) is 26.7 Å². The predicted molar refractivity (Wildman–Crippen MR) is 143 cm³/mol.